The van der Waals surface area contributed by atoms with Crippen LogP contribution in [0.4, 0.5) is 0 Å². The third-order valence-corrected chi connectivity index (χ3v) is 6.62. The normalized spacial score (nSPS) is 21.5. The molecule has 2 saturated heterocycles. The van der Waals surface area contributed by atoms with Crippen LogP contribution in [0.1, 0.15) is 19.3 Å². The summed E-state index contributed by atoms with van der Waals surface area (Å²) in [5.41, 5.74) is 0.185. The number of ether oxygens (including phenoxy) is 1. The Morgan fingerprint density at radius 1 is 1.14 bits per heavy atom. The number of nitrogens with one attached hydrogen (secondary N) is 1. The van der Waals surface area contributed by atoms with Gasteiger partial charge in [0.15, 0.2) is 0 Å². The molecule has 3 rings (SSSR count). The summed E-state index contributed by atoms with van der Waals surface area (Å²) in [6, 6.07) is 6.65. The molecule has 124 valence electrons. The molecule has 1 aromatic carbocycles. The molecule has 0 radical (unpaired) electrons. The van der Waals surface area contributed by atoms with Crippen LogP contribution in [0.15, 0.2) is 29.2 Å². The predicted molar refractivity (Wildman–Crippen MR) is 88.2 cm³/mol. The largest absolute Gasteiger partial charge is 0.497 e. The van der Waals surface area contributed by atoms with Gasteiger partial charge >= 0.3 is 0 Å². The van der Waals surface area contributed by atoms with E-state index < -0.39 is 10.0 Å². The minimum Gasteiger partial charge on any atom is -0.497 e. The van der Waals surface area contributed by atoms with E-state index in [0.717, 1.165) is 32.4 Å². The van der Waals surface area contributed by atoms with Crippen LogP contribution < -0.4 is 10.1 Å². The molecule has 22 heavy (non-hydrogen) atoms. The number of benzene rings is 1. The first-order chi connectivity index (χ1) is 10.1. The molecule has 1 N–H and O–H groups in total. The van der Waals surface area contributed by atoms with Crippen molar-refractivity contribution in [3.05, 3.63) is 24.3 Å². The average molecular weight is 347 g/mol. The quantitative estimate of drug-likeness (QED) is 0.908. The Labute approximate surface area is 138 Å². The van der Waals surface area contributed by atoms with Crippen molar-refractivity contribution in [2.75, 3.05) is 33.3 Å². The second-order valence-corrected chi connectivity index (χ2v) is 7.95. The van der Waals surface area contributed by atoms with Crippen LogP contribution in [0.3, 0.4) is 0 Å². The monoisotopic (exact) mass is 346 g/mol. The van der Waals surface area contributed by atoms with Crippen molar-refractivity contribution >= 4 is 22.4 Å². The van der Waals surface area contributed by atoms with Crippen molar-refractivity contribution in [2.45, 2.75) is 24.2 Å². The maximum atomic E-state index is 12.7. The SMILES string of the molecule is COc1ccc(S(=O)(=O)N2CCC3(CCNCC3)C2)cc1.Cl. The lowest BCUT2D eigenvalue weighted by atomic mass is 9.78. The Balaban J connectivity index is 0.00000176. The molecule has 0 saturated carbocycles. The molecule has 2 fully saturated rings. The van der Waals surface area contributed by atoms with E-state index in [1.165, 1.54) is 0 Å². The molecule has 2 aliphatic heterocycles. The Hall–Kier alpha value is -0.820. The van der Waals surface area contributed by atoms with Crippen LogP contribution in [-0.2, 0) is 10.0 Å². The van der Waals surface area contributed by atoms with Gasteiger partial charge in [-0.25, -0.2) is 8.42 Å². The second kappa shape index (κ2) is 6.74. The van der Waals surface area contributed by atoms with E-state index in [2.05, 4.69) is 5.32 Å². The van der Waals surface area contributed by atoms with Crippen LogP contribution in [0.25, 0.3) is 0 Å². The van der Waals surface area contributed by atoms with E-state index in [1.807, 2.05) is 0 Å². The molecule has 2 heterocycles. The third-order valence-electron chi connectivity index (χ3n) is 4.76. The molecule has 0 bridgehead atoms. The number of piperidine rings is 1. The summed E-state index contributed by atoms with van der Waals surface area (Å²) in [5.74, 6) is 0.671. The smallest absolute Gasteiger partial charge is 0.243 e. The molecule has 7 heteroatoms. The zero-order valence-corrected chi connectivity index (χ0v) is 14.4. The van der Waals surface area contributed by atoms with Gasteiger partial charge in [-0.2, -0.15) is 4.31 Å². The summed E-state index contributed by atoms with van der Waals surface area (Å²) in [6.07, 6.45) is 3.12. The molecule has 0 aromatic heterocycles. The summed E-state index contributed by atoms with van der Waals surface area (Å²) in [4.78, 5) is 0.356. The number of sulfonamides is 1. The second-order valence-electron chi connectivity index (χ2n) is 6.01. The standard InChI is InChI=1S/C15H22N2O3S.ClH/c1-20-13-2-4-14(5-3-13)21(18,19)17-11-8-15(12-17)6-9-16-10-7-15;/h2-5,16H,6-12H2,1H3;1H. The number of methoxy groups -OCH3 is 1. The molecule has 0 unspecified atom stereocenters. The number of rotatable bonds is 3. The minimum absolute atomic E-state index is 0. The Bertz CT molecular complexity index is 598. The third kappa shape index (κ3) is 3.25. The van der Waals surface area contributed by atoms with Crippen molar-refractivity contribution in [1.29, 1.82) is 0 Å². The lowest BCUT2D eigenvalue weighted by Crippen LogP contribution is -2.39. The molecule has 2 aliphatic rings. The fourth-order valence-corrected chi connectivity index (χ4v) is 4.91. The van der Waals surface area contributed by atoms with Crippen molar-refractivity contribution in [3.63, 3.8) is 0 Å². The predicted octanol–water partition coefficient (Wildman–Crippen LogP) is 1.88. The fourth-order valence-electron chi connectivity index (χ4n) is 3.36. The van der Waals surface area contributed by atoms with Crippen molar-refractivity contribution in [1.82, 2.24) is 9.62 Å². The lowest BCUT2D eigenvalue weighted by Gasteiger charge is -2.33. The molecule has 0 amide bonds. The van der Waals surface area contributed by atoms with Gasteiger partial charge in [0.1, 0.15) is 5.75 Å². The van der Waals surface area contributed by atoms with Gasteiger partial charge < -0.3 is 10.1 Å². The summed E-state index contributed by atoms with van der Waals surface area (Å²) in [5, 5.41) is 3.35. The highest BCUT2D eigenvalue weighted by atomic mass is 35.5. The summed E-state index contributed by atoms with van der Waals surface area (Å²) >= 11 is 0. The maximum Gasteiger partial charge on any atom is 0.243 e. The highest BCUT2D eigenvalue weighted by Gasteiger charge is 2.43. The zero-order chi connectivity index (χ0) is 14.9. The van der Waals surface area contributed by atoms with E-state index in [4.69, 9.17) is 4.74 Å². The first-order valence-electron chi connectivity index (χ1n) is 7.41. The molecule has 0 atom stereocenters. The van der Waals surface area contributed by atoms with Crippen LogP contribution in [0.5, 0.6) is 5.75 Å². The van der Waals surface area contributed by atoms with Crippen LogP contribution in [0, 0.1) is 5.41 Å². The topological polar surface area (TPSA) is 58.6 Å². The zero-order valence-electron chi connectivity index (χ0n) is 12.7. The molecular weight excluding hydrogens is 324 g/mol. The number of halogens is 1. The molecular formula is C15H23ClN2O3S. The minimum atomic E-state index is -3.38. The summed E-state index contributed by atoms with van der Waals surface area (Å²) < 4.78 is 32.2. The number of nitrogens with zero attached hydrogens (tertiary/aromatic N) is 1. The highest BCUT2D eigenvalue weighted by molar-refractivity contribution is 7.89. The van der Waals surface area contributed by atoms with E-state index in [9.17, 15) is 8.42 Å². The molecule has 0 aliphatic carbocycles. The van der Waals surface area contributed by atoms with Gasteiger partial charge in [-0.15, -0.1) is 12.4 Å². The van der Waals surface area contributed by atoms with Crippen molar-refractivity contribution in [2.24, 2.45) is 5.41 Å². The lowest BCUT2D eigenvalue weighted by molar-refractivity contribution is 0.218. The highest BCUT2D eigenvalue weighted by Crippen LogP contribution is 2.40. The summed E-state index contributed by atoms with van der Waals surface area (Å²) in [7, 11) is -1.81. The molecule has 1 spiro atoms. The van der Waals surface area contributed by atoms with Crippen LogP contribution in [0.2, 0.25) is 0 Å². The molecule has 1 aromatic rings. The van der Waals surface area contributed by atoms with E-state index in [1.54, 1.807) is 35.7 Å². The van der Waals surface area contributed by atoms with Gasteiger partial charge in [0, 0.05) is 13.1 Å². The first kappa shape index (κ1) is 17.5. The van der Waals surface area contributed by atoms with Gasteiger partial charge in [-0.1, -0.05) is 0 Å². The van der Waals surface area contributed by atoms with Gasteiger partial charge in [0.25, 0.3) is 0 Å². The Morgan fingerprint density at radius 3 is 2.36 bits per heavy atom. The number of hydrogen-bond donors (Lipinski definition) is 1. The maximum absolute atomic E-state index is 12.7. The van der Waals surface area contributed by atoms with Gasteiger partial charge in [-0.05, 0) is 62.0 Å². The van der Waals surface area contributed by atoms with Crippen molar-refractivity contribution < 1.29 is 13.2 Å². The fraction of sp³-hybridized carbons (Fsp3) is 0.600. The average Bonchev–Trinajstić information content (AvgIpc) is 2.92. The number of hydrogen-bond acceptors (Lipinski definition) is 4. The van der Waals surface area contributed by atoms with Gasteiger partial charge in [0.2, 0.25) is 10.0 Å². The Morgan fingerprint density at radius 2 is 1.77 bits per heavy atom. The van der Waals surface area contributed by atoms with Crippen LogP contribution in [-0.4, -0.2) is 46.0 Å². The summed E-state index contributed by atoms with van der Waals surface area (Å²) in [6.45, 7) is 3.28. The van der Waals surface area contributed by atoms with Gasteiger partial charge in [0.05, 0.1) is 12.0 Å². The Kier molecular flexibility index (Phi) is 5.37. The van der Waals surface area contributed by atoms with E-state index in [0.29, 0.717) is 23.7 Å². The van der Waals surface area contributed by atoms with Gasteiger partial charge in [-0.3, -0.25) is 0 Å². The van der Waals surface area contributed by atoms with Crippen LogP contribution >= 0.6 is 12.4 Å². The molecule has 5 nitrogen and oxygen atoms in total. The first-order valence-corrected chi connectivity index (χ1v) is 8.85. The van der Waals surface area contributed by atoms with E-state index >= 15 is 0 Å². The van der Waals surface area contributed by atoms with Crippen molar-refractivity contribution in [3.8, 4) is 5.75 Å². The van der Waals surface area contributed by atoms with E-state index in [-0.39, 0.29) is 17.8 Å².